The minimum absolute atomic E-state index is 0.280. The van der Waals surface area contributed by atoms with Crippen molar-refractivity contribution in [1.29, 1.82) is 0 Å². The summed E-state index contributed by atoms with van der Waals surface area (Å²) in [5.74, 6) is 0.608. The van der Waals surface area contributed by atoms with Crippen molar-refractivity contribution in [3.05, 3.63) is 33.3 Å². The third-order valence-corrected chi connectivity index (χ3v) is 3.54. The molecule has 0 aliphatic rings. The Bertz CT molecular complexity index is 1040. The molecule has 0 aliphatic heterocycles. The first-order valence-electron chi connectivity index (χ1n) is 6.22. The zero-order valence-corrected chi connectivity index (χ0v) is 12.7. The number of nitrogens with zero attached hydrogens (tertiary/aromatic N) is 5. The molecule has 1 aromatic carbocycles. The minimum Gasteiger partial charge on any atom is -0.333 e. The minimum atomic E-state index is -0.303. The van der Waals surface area contributed by atoms with Crippen molar-refractivity contribution < 1.29 is 4.52 Å². The molecule has 0 amide bonds. The van der Waals surface area contributed by atoms with Gasteiger partial charge in [0, 0.05) is 11.5 Å². The van der Waals surface area contributed by atoms with Gasteiger partial charge >= 0.3 is 5.69 Å². The summed E-state index contributed by atoms with van der Waals surface area (Å²) in [7, 11) is 1.75. The summed E-state index contributed by atoms with van der Waals surface area (Å²) in [6.07, 6.45) is 1.68. The van der Waals surface area contributed by atoms with Crippen LogP contribution in [0.4, 0.5) is 0 Å². The molecule has 0 unspecified atom stereocenters. The van der Waals surface area contributed by atoms with Gasteiger partial charge in [-0.1, -0.05) is 26.3 Å². The Hall–Kier alpha value is -2.75. The lowest BCUT2D eigenvalue weighted by Gasteiger charge is -1.98. The van der Waals surface area contributed by atoms with Crippen LogP contribution in [0.15, 0.2) is 32.1 Å². The lowest BCUT2D eigenvalue weighted by atomic mass is 10.2. The Morgan fingerprint density at radius 2 is 2.18 bits per heavy atom. The Kier molecular flexibility index (Phi) is 2.73. The molecular formula is C12H8BrN7O2. The number of hydrogen-bond acceptors (Lipinski definition) is 6. The van der Waals surface area contributed by atoms with E-state index in [1.807, 2.05) is 0 Å². The van der Waals surface area contributed by atoms with Gasteiger partial charge in [-0.05, 0) is 12.1 Å². The van der Waals surface area contributed by atoms with Crippen molar-refractivity contribution in [1.82, 2.24) is 35.1 Å². The molecular weight excluding hydrogens is 354 g/mol. The maximum absolute atomic E-state index is 11.5. The number of aromatic nitrogens is 7. The molecule has 4 rings (SSSR count). The lowest BCUT2D eigenvalue weighted by Crippen LogP contribution is -1.99. The number of aromatic amines is 2. The smallest absolute Gasteiger partial charge is 0.323 e. The van der Waals surface area contributed by atoms with Crippen LogP contribution in [0.5, 0.6) is 0 Å². The van der Waals surface area contributed by atoms with E-state index in [1.54, 1.807) is 30.1 Å². The van der Waals surface area contributed by atoms with Gasteiger partial charge in [-0.25, -0.2) is 4.79 Å². The molecule has 9 nitrogen and oxygen atoms in total. The van der Waals surface area contributed by atoms with Crippen molar-refractivity contribution >= 4 is 27.0 Å². The maximum atomic E-state index is 11.5. The fourth-order valence-corrected chi connectivity index (χ4v) is 2.62. The molecule has 0 atom stereocenters. The average Bonchev–Trinajstić information content (AvgIpc) is 3.15. The van der Waals surface area contributed by atoms with E-state index in [9.17, 15) is 4.79 Å². The number of aryl methyl sites for hydroxylation is 1. The van der Waals surface area contributed by atoms with Crippen LogP contribution in [0, 0.1) is 0 Å². The second kappa shape index (κ2) is 4.63. The van der Waals surface area contributed by atoms with Crippen LogP contribution in [0.2, 0.25) is 0 Å². The molecule has 4 aromatic rings. The van der Waals surface area contributed by atoms with Gasteiger partial charge < -0.3 is 14.5 Å². The van der Waals surface area contributed by atoms with Crippen molar-refractivity contribution in [3.63, 3.8) is 0 Å². The standard InChI is InChI=1S/C12H8BrN7O2/c1-20-4-8(17-19-20)10-16-11(22-18-10)6-2-5(13)3-7-9(6)15-12(21)14-7/h2-4H,1H3,(H2,14,15,21). The summed E-state index contributed by atoms with van der Waals surface area (Å²) in [6, 6.07) is 3.58. The van der Waals surface area contributed by atoms with E-state index in [-0.39, 0.29) is 11.6 Å². The molecule has 0 saturated heterocycles. The van der Waals surface area contributed by atoms with Gasteiger partial charge in [-0.15, -0.1) is 5.10 Å². The van der Waals surface area contributed by atoms with Crippen LogP contribution in [-0.2, 0) is 7.05 Å². The summed E-state index contributed by atoms with van der Waals surface area (Å²) in [6.45, 7) is 0. The number of H-pyrrole nitrogens is 2. The number of fused-ring (bicyclic) bond motifs is 1. The third-order valence-electron chi connectivity index (χ3n) is 3.08. The molecule has 3 aromatic heterocycles. The summed E-state index contributed by atoms with van der Waals surface area (Å²) in [5.41, 5.74) is 2.07. The highest BCUT2D eigenvalue weighted by molar-refractivity contribution is 9.10. The average molecular weight is 362 g/mol. The first kappa shape index (κ1) is 13.0. The van der Waals surface area contributed by atoms with Crippen LogP contribution in [-0.4, -0.2) is 35.1 Å². The number of rotatable bonds is 2. The van der Waals surface area contributed by atoms with E-state index in [0.29, 0.717) is 28.1 Å². The van der Waals surface area contributed by atoms with E-state index in [0.717, 1.165) is 4.47 Å². The number of halogens is 1. The second-order valence-electron chi connectivity index (χ2n) is 4.66. The number of nitrogens with one attached hydrogen (secondary N) is 2. The molecule has 0 bridgehead atoms. The number of benzene rings is 1. The van der Waals surface area contributed by atoms with Gasteiger partial charge in [0.2, 0.25) is 5.82 Å². The Labute approximate surface area is 130 Å². The lowest BCUT2D eigenvalue weighted by molar-refractivity contribution is 0.432. The Morgan fingerprint density at radius 1 is 1.32 bits per heavy atom. The molecule has 2 N–H and O–H groups in total. The van der Waals surface area contributed by atoms with Crippen molar-refractivity contribution in [2.24, 2.45) is 7.05 Å². The van der Waals surface area contributed by atoms with E-state index in [2.05, 4.69) is 46.4 Å². The highest BCUT2D eigenvalue weighted by Crippen LogP contribution is 2.29. The fraction of sp³-hybridized carbons (Fsp3) is 0.0833. The predicted molar refractivity (Wildman–Crippen MR) is 79.9 cm³/mol. The highest BCUT2D eigenvalue weighted by atomic mass is 79.9. The number of imidazole rings is 1. The summed E-state index contributed by atoms with van der Waals surface area (Å²) in [5, 5.41) is 11.7. The van der Waals surface area contributed by atoms with Gasteiger partial charge in [0.1, 0.15) is 0 Å². The summed E-state index contributed by atoms with van der Waals surface area (Å²) < 4.78 is 7.62. The van der Waals surface area contributed by atoms with Gasteiger partial charge in [0.25, 0.3) is 5.89 Å². The molecule has 10 heteroatoms. The van der Waals surface area contributed by atoms with Crippen LogP contribution in [0.3, 0.4) is 0 Å². The predicted octanol–water partition coefficient (Wildman–Crippen LogP) is 1.46. The SMILES string of the molecule is Cn1cc(-c2noc(-c3cc(Br)cc4[nH]c(=O)[nH]c34)n2)nn1. The third kappa shape index (κ3) is 2.04. The second-order valence-corrected chi connectivity index (χ2v) is 5.57. The van der Waals surface area contributed by atoms with E-state index >= 15 is 0 Å². The zero-order chi connectivity index (χ0) is 15.3. The van der Waals surface area contributed by atoms with Gasteiger partial charge in [0.15, 0.2) is 5.69 Å². The summed E-state index contributed by atoms with van der Waals surface area (Å²) in [4.78, 5) is 21.2. The maximum Gasteiger partial charge on any atom is 0.323 e. The molecule has 0 fully saturated rings. The van der Waals surface area contributed by atoms with Crippen molar-refractivity contribution in [2.75, 3.05) is 0 Å². The van der Waals surface area contributed by atoms with Crippen molar-refractivity contribution in [2.45, 2.75) is 0 Å². The molecule has 0 radical (unpaired) electrons. The van der Waals surface area contributed by atoms with Crippen LogP contribution < -0.4 is 5.69 Å². The normalized spacial score (nSPS) is 11.4. The molecule has 0 spiro atoms. The molecule has 0 saturated carbocycles. The van der Waals surface area contributed by atoms with Gasteiger partial charge in [-0.2, -0.15) is 4.98 Å². The molecule has 110 valence electrons. The monoisotopic (exact) mass is 361 g/mol. The van der Waals surface area contributed by atoms with Crippen LogP contribution in [0.1, 0.15) is 0 Å². The van der Waals surface area contributed by atoms with E-state index in [1.165, 1.54) is 0 Å². The first-order valence-corrected chi connectivity index (χ1v) is 7.02. The molecule has 0 aliphatic carbocycles. The largest absolute Gasteiger partial charge is 0.333 e. The van der Waals surface area contributed by atoms with E-state index < -0.39 is 0 Å². The van der Waals surface area contributed by atoms with E-state index in [4.69, 9.17) is 4.52 Å². The number of hydrogen-bond donors (Lipinski definition) is 2. The Balaban J connectivity index is 1.89. The molecule has 22 heavy (non-hydrogen) atoms. The first-order chi connectivity index (χ1) is 10.6. The highest BCUT2D eigenvalue weighted by Gasteiger charge is 2.17. The van der Waals surface area contributed by atoms with Crippen LogP contribution >= 0.6 is 15.9 Å². The topological polar surface area (TPSA) is 118 Å². The fourth-order valence-electron chi connectivity index (χ4n) is 2.16. The Morgan fingerprint density at radius 3 is 2.95 bits per heavy atom. The molecule has 3 heterocycles. The summed E-state index contributed by atoms with van der Waals surface area (Å²) >= 11 is 3.39. The zero-order valence-electron chi connectivity index (χ0n) is 11.2. The van der Waals surface area contributed by atoms with Gasteiger partial charge in [0.05, 0.1) is 22.8 Å². The van der Waals surface area contributed by atoms with Gasteiger partial charge in [-0.3, -0.25) is 4.68 Å². The van der Waals surface area contributed by atoms with Crippen LogP contribution in [0.25, 0.3) is 34.0 Å². The quantitative estimate of drug-likeness (QED) is 0.557. The van der Waals surface area contributed by atoms with Crippen molar-refractivity contribution in [3.8, 4) is 23.0 Å².